The molecule has 3 nitrogen and oxygen atoms in total. The zero-order valence-corrected chi connectivity index (χ0v) is 11.5. The van der Waals surface area contributed by atoms with Crippen LogP contribution < -0.4 is 10.6 Å². The lowest BCUT2D eigenvalue weighted by Crippen LogP contribution is -2.17. The van der Waals surface area contributed by atoms with Crippen molar-refractivity contribution < 1.29 is 4.39 Å². The molecule has 0 amide bonds. The molecule has 0 aliphatic heterocycles. The fourth-order valence-electron chi connectivity index (χ4n) is 2.26. The molecule has 0 aromatic heterocycles. The van der Waals surface area contributed by atoms with Crippen LogP contribution >= 0.6 is 0 Å². The Bertz CT molecular complexity index is 659. The van der Waals surface area contributed by atoms with E-state index in [1.807, 2.05) is 12.1 Å². The van der Waals surface area contributed by atoms with Crippen molar-refractivity contribution in [2.45, 2.75) is 13.0 Å². The second-order valence-corrected chi connectivity index (χ2v) is 4.65. The van der Waals surface area contributed by atoms with Crippen LogP contribution in [0.1, 0.15) is 24.1 Å². The van der Waals surface area contributed by atoms with Gasteiger partial charge in [-0.2, -0.15) is 5.26 Å². The van der Waals surface area contributed by atoms with Crippen molar-refractivity contribution >= 4 is 11.4 Å². The lowest BCUT2D eigenvalue weighted by Gasteiger charge is -2.25. The maximum absolute atomic E-state index is 14.0. The summed E-state index contributed by atoms with van der Waals surface area (Å²) >= 11 is 0. The summed E-state index contributed by atoms with van der Waals surface area (Å²) in [5.41, 5.74) is 8.25. The minimum absolute atomic E-state index is 0.334. The highest BCUT2D eigenvalue weighted by Gasteiger charge is 2.17. The van der Waals surface area contributed by atoms with E-state index in [1.54, 1.807) is 43.1 Å². The molecule has 20 heavy (non-hydrogen) atoms. The number of hydrogen-bond donors (Lipinski definition) is 1. The normalized spacial score (nSPS) is 11.8. The molecule has 2 rings (SSSR count). The summed E-state index contributed by atoms with van der Waals surface area (Å²) in [5.74, 6) is -0.334. The Hall–Kier alpha value is -2.38. The molecular formula is C16H16FN3. The van der Waals surface area contributed by atoms with Crippen LogP contribution in [0.2, 0.25) is 0 Å². The molecule has 0 saturated heterocycles. The molecule has 0 aliphatic rings. The van der Waals surface area contributed by atoms with Gasteiger partial charge in [0, 0.05) is 24.3 Å². The van der Waals surface area contributed by atoms with Gasteiger partial charge in [-0.3, -0.25) is 0 Å². The Labute approximate surface area is 118 Å². The fraction of sp³-hybridized carbons (Fsp3) is 0.188. The van der Waals surface area contributed by atoms with E-state index < -0.39 is 6.04 Å². The average Bonchev–Trinajstić information content (AvgIpc) is 2.45. The molecule has 0 heterocycles. The van der Waals surface area contributed by atoms with Gasteiger partial charge in [-0.25, -0.2) is 4.39 Å². The fourth-order valence-corrected chi connectivity index (χ4v) is 2.26. The highest BCUT2D eigenvalue weighted by atomic mass is 19.1. The zero-order valence-electron chi connectivity index (χ0n) is 11.5. The molecule has 1 atom stereocenters. The van der Waals surface area contributed by atoms with Gasteiger partial charge >= 0.3 is 0 Å². The van der Waals surface area contributed by atoms with Gasteiger partial charge in [0.15, 0.2) is 0 Å². The second-order valence-electron chi connectivity index (χ2n) is 4.65. The molecule has 4 heteroatoms. The molecule has 0 radical (unpaired) electrons. The zero-order chi connectivity index (χ0) is 14.7. The largest absolute Gasteiger partial charge is 0.343 e. The number of hydrogen-bond acceptors (Lipinski definition) is 3. The Morgan fingerprint density at radius 2 is 1.80 bits per heavy atom. The Balaban J connectivity index is 2.57. The van der Waals surface area contributed by atoms with E-state index in [1.165, 1.54) is 6.07 Å². The summed E-state index contributed by atoms with van der Waals surface area (Å²) in [7, 11) is 1.80. The van der Waals surface area contributed by atoms with Crippen LogP contribution in [0.25, 0.3) is 0 Å². The molecule has 102 valence electrons. The van der Waals surface area contributed by atoms with E-state index in [9.17, 15) is 9.65 Å². The summed E-state index contributed by atoms with van der Waals surface area (Å²) < 4.78 is 14.0. The maximum Gasteiger partial charge on any atom is 0.130 e. The predicted octanol–water partition coefficient (Wildman–Crippen LogP) is 3.48. The van der Waals surface area contributed by atoms with Crippen LogP contribution in [0.4, 0.5) is 15.8 Å². The van der Waals surface area contributed by atoms with Gasteiger partial charge in [-0.1, -0.05) is 18.2 Å². The molecule has 0 saturated carbocycles. The molecular weight excluding hydrogens is 253 g/mol. The Kier molecular flexibility index (Phi) is 4.02. The third-order valence-corrected chi connectivity index (χ3v) is 3.23. The van der Waals surface area contributed by atoms with E-state index in [4.69, 9.17) is 5.73 Å². The minimum atomic E-state index is -0.428. The molecule has 0 aliphatic carbocycles. The van der Waals surface area contributed by atoms with Crippen molar-refractivity contribution in [3.05, 3.63) is 59.4 Å². The van der Waals surface area contributed by atoms with Crippen LogP contribution in [-0.2, 0) is 0 Å². The van der Waals surface area contributed by atoms with Crippen molar-refractivity contribution in [2.75, 3.05) is 11.9 Å². The first-order chi connectivity index (χ1) is 9.56. The van der Waals surface area contributed by atoms with Crippen LogP contribution in [0.3, 0.4) is 0 Å². The molecule has 0 bridgehead atoms. The molecule has 2 aromatic rings. The van der Waals surface area contributed by atoms with Crippen LogP contribution in [0.15, 0.2) is 42.5 Å². The van der Waals surface area contributed by atoms with E-state index >= 15 is 0 Å². The van der Waals surface area contributed by atoms with Gasteiger partial charge in [-0.15, -0.1) is 0 Å². The summed E-state index contributed by atoms with van der Waals surface area (Å²) in [5, 5.41) is 9.17. The second kappa shape index (κ2) is 5.72. The Morgan fingerprint density at radius 3 is 2.45 bits per heavy atom. The highest BCUT2D eigenvalue weighted by Crippen LogP contribution is 2.33. The van der Waals surface area contributed by atoms with E-state index in [0.29, 0.717) is 16.8 Å². The first kappa shape index (κ1) is 14.0. The number of para-hydroxylation sites is 1. The van der Waals surface area contributed by atoms with Crippen molar-refractivity contribution in [2.24, 2.45) is 5.73 Å². The summed E-state index contributed by atoms with van der Waals surface area (Å²) in [6.07, 6.45) is 0. The lowest BCUT2D eigenvalue weighted by molar-refractivity contribution is 0.594. The van der Waals surface area contributed by atoms with E-state index in [2.05, 4.69) is 6.07 Å². The molecule has 2 N–H and O–H groups in total. The van der Waals surface area contributed by atoms with Crippen LogP contribution in [0.5, 0.6) is 0 Å². The summed E-state index contributed by atoms with van der Waals surface area (Å²) in [6.45, 7) is 1.74. The first-order valence-corrected chi connectivity index (χ1v) is 6.33. The average molecular weight is 269 g/mol. The maximum atomic E-state index is 14.0. The number of nitrogens with two attached hydrogens (primary N) is 1. The Morgan fingerprint density at radius 1 is 1.15 bits per heavy atom. The molecule has 1 unspecified atom stereocenters. The van der Waals surface area contributed by atoms with E-state index in [0.717, 1.165) is 5.69 Å². The monoisotopic (exact) mass is 269 g/mol. The first-order valence-electron chi connectivity index (χ1n) is 6.33. The minimum Gasteiger partial charge on any atom is -0.343 e. The smallest absolute Gasteiger partial charge is 0.130 e. The van der Waals surface area contributed by atoms with Gasteiger partial charge in [-0.05, 0) is 31.2 Å². The van der Waals surface area contributed by atoms with Gasteiger partial charge in [0.2, 0.25) is 0 Å². The van der Waals surface area contributed by atoms with Gasteiger partial charge in [0.1, 0.15) is 11.9 Å². The molecule has 0 spiro atoms. The predicted molar refractivity (Wildman–Crippen MR) is 78.2 cm³/mol. The van der Waals surface area contributed by atoms with Crippen molar-refractivity contribution in [3.8, 4) is 6.07 Å². The third-order valence-electron chi connectivity index (χ3n) is 3.23. The van der Waals surface area contributed by atoms with E-state index in [-0.39, 0.29) is 5.82 Å². The standard InChI is InChI=1S/C16H16FN3/c1-11(19)16-13(17)7-5-9-15(16)20(2)14-8-4-3-6-12(14)10-18/h3-9,11H,19H2,1-2H3. The number of anilines is 2. The quantitative estimate of drug-likeness (QED) is 0.928. The van der Waals surface area contributed by atoms with Gasteiger partial charge in [0.05, 0.1) is 11.3 Å². The van der Waals surface area contributed by atoms with Gasteiger partial charge in [0.25, 0.3) is 0 Å². The third kappa shape index (κ3) is 2.49. The summed E-state index contributed by atoms with van der Waals surface area (Å²) in [4.78, 5) is 1.79. The SMILES string of the molecule is CC(N)c1c(F)cccc1N(C)c1ccccc1C#N. The van der Waals surface area contributed by atoms with Gasteiger partial charge < -0.3 is 10.6 Å². The molecule has 2 aromatic carbocycles. The van der Waals surface area contributed by atoms with Crippen molar-refractivity contribution in [1.29, 1.82) is 5.26 Å². The van der Waals surface area contributed by atoms with Crippen LogP contribution in [-0.4, -0.2) is 7.05 Å². The number of benzene rings is 2. The topological polar surface area (TPSA) is 53.0 Å². The number of nitriles is 1. The lowest BCUT2D eigenvalue weighted by atomic mass is 10.0. The summed E-state index contributed by atoms with van der Waals surface area (Å²) in [6, 6.07) is 13.8. The number of nitrogens with zero attached hydrogens (tertiary/aromatic N) is 2. The molecule has 0 fully saturated rings. The number of rotatable bonds is 3. The van der Waals surface area contributed by atoms with Crippen molar-refractivity contribution in [3.63, 3.8) is 0 Å². The van der Waals surface area contributed by atoms with Crippen LogP contribution in [0, 0.1) is 17.1 Å². The number of halogens is 1. The van der Waals surface area contributed by atoms with Crippen molar-refractivity contribution in [1.82, 2.24) is 0 Å². The highest BCUT2D eigenvalue weighted by molar-refractivity contribution is 5.71.